The van der Waals surface area contributed by atoms with Crippen LogP contribution in [0.1, 0.15) is 0 Å². The second-order valence-electron chi connectivity index (χ2n) is 12.8. The Morgan fingerprint density at radius 2 is 1.00 bits per heavy atom. The monoisotopic (exact) mass is 670 g/mol. The summed E-state index contributed by atoms with van der Waals surface area (Å²) >= 11 is 1.82. The third-order valence-electron chi connectivity index (χ3n) is 9.85. The summed E-state index contributed by atoms with van der Waals surface area (Å²) < 4.78 is 11.3. The molecule has 0 N–H and O–H groups in total. The van der Waals surface area contributed by atoms with Gasteiger partial charge < -0.3 is 8.98 Å². The second-order valence-corrected chi connectivity index (χ2v) is 13.9. The van der Waals surface area contributed by atoms with Crippen molar-refractivity contribution in [3.63, 3.8) is 0 Å². The minimum absolute atomic E-state index is 0.622. The van der Waals surface area contributed by atoms with Gasteiger partial charge in [0.2, 0.25) is 0 Å². The molecule has 0 aliphatic carbocycles. The van der Waals surface area contributed by atoms with E-state index in [2.05, 4.69) is 89.5 Å². The molecule has 0 aliphatic rings. The Bertz CT molecular complexity index is 3030. The number of para-hydroxylation sites is 2. The number of nitrogens with zero attached hydrogens (tertiary/aromatic N) is 4. The molecule has 7 aromatic carbocycles. The van der Waals surface area contributed by atoms with E-state index in [-0.39, 0.29) is 0 Å². The summed E-state index contributed by atoms with van der Waals surface area (Å²) in [4.78, 5) is 14.9. The van der Waals surface area contributed by atoms with Crippen LogP contribution in [-0.2, 0) is 0 Å². The van der Waals surface area contributed by atoms with Crippen molar-refractivity contribution in [3.8, 4) is 39.9 Å². The highest BCUT2D eigenvalue weighted by molar-refractivity contribution is 7.26. The molecule has 0 fully saturated rings. The Balaban J connectivity index is 1.11. The maximum Gasteiger partial charge on any atom is 0.164 e. The van der Waals surface area contributed by atoms with Gasteiger partial charge in [-0.15, -0.1) is 11.3 Å². The molecule has 4 heterocycles. The molecule has 238 valence electrons. The van der Waals surface area contributed by atoms with E-state index in [1.807, 2.05) is 84.1 Å². The predicted octanol–water partition coefficient (Wildman–Crippen LogP) is 12.2. The van der Waals surface area contributed by atoms with Crippen LogP contribution in [0.3, 0.4) is 0 Å². The van der Waals surface area contributed by atoms with Crippen LogP contribution < -0.4 is 0 Å². The van der Waals surface area contributed by atoms with E-state index in [1.165, 1.54) is 42.0 Å². The van der Waals surface area contributed by atoms with Crippen LogP contribution in [0.2, 0.25) is 0 Å². The molecule has 11 aromatic rings. The van der Waals surface area contributed by atoms with Crippen LogP contribution in [0.5, 0.6) is 0 Å². The van der Waals surface area contributed by atoms with Crippen LogP contribution in [-0.4, -0.2) is 19.5 Å². The summed E-state index contributed by atoms with van der Waals surface area (Å²) in [7, 11) is 0. The van der Waals surface area contributed by atoms with E-state index < -0.39 is 0 Å². The topological polar surface area (TPSA) is 56.7 Å². The molecule has 0 atom stereocenters. The first kappa shape index (κ1) is 28.2. The van der Waals surface area contributed by atoms with Gasteiger partial charge in [0.25, 0.3) is 0 Å². The second kappa shape index (κ2) is 10.9. The van der Waals surface area contributed by atoms with Crippen molar-refractivity contribution in [1.29, 1.82) is 0 Å². The first-order valence-electron chi connectivity index (χ1n) is 16.9. The van der Waals surface area contributed by atoms with Gasteiger partial charge >= 0.3 is 0 Å². The molecule has 0 unspecified atom stereocenters. The lowest BCUT2D eigenvalue weighted by Gasteiger charge is -2.08. The molecular formula is C45H26N4OS. The van der Waals surface area contributed by atoms with Gasteiger partial charge in [-0.1, -0.05) is 103 Å². The molecule has 0 bridgehead atoms. The number of furan rings is 1. The zero-order valence-corrected chi connectivity index (χ0v) is 27.9. The lowest BCUT2D eigenvalue weighted by Crippen LogP contribution is -2.00. The maximum absolute atomic E-state index is 6.48. The van der Waals surface area contributed by atoms with Crippen molar-refractivity contribution in [2.24, 2.45) is 0 Å². The molecule has 0 saturated heterocycles. The van der Waals surface area contributed by atoms with Crippen molar-refractivity contribution in [2.75, 3.05) is 0 Å². The van der Waals surface area contributed by atoms with Crippen molar-refractivity contribution in [3.05, 3.63) is 158 Å². The highest BCUT2D eigenvalue weighted by atomic mass is 32.1. The zero-order chi connectivity index (χ0) is 33.5. The van der Waals surface area contributed by atoms with Crippen LogP contribution in [0, 0.1) is 0 Å². The SMILES string of the molecule is c1ccc(-c2nc(-c3ccccc3)nc(-c3ccc4oc5ccc6sc7cc(-n8c9ccccc9c9ccccc98)ccc7c6c5c4c3)n2)cc1. The summed E-state index contributed by atoms with van der Waals surface area (Å²) in [6, 6.07) is 54.9. The molecule has 5 nitrogen and oxygen atoms in total. The fraction of sp³-hybridized carbons (Fsp3) is 0. The average molecular weight is 671 g/mol. The number of hydrogen-bond donors (Lipinski definition) is 0. The Morgan fingerprint density at radius 1 is 0.412 bits per heavy atom. The molecule has 51 heavy (non-hydrogen) atoms. The zero-order valence-electron chi connectivity index (χ0n) is 27.1. The molecule has 0 spiro atoms. The number of fused-ring (bicyclic) bond motifs is 10. The van der Waals surface area contributed by atoms with Gasteiger partial charge in [-0.25, -0.2) is 15.0 Å². The number of benzene rings is 7. The molecule has 0 radical (unpaired) electrons. The Kier molecular flexibility index (Phi) is 6.05. The van der Waals surface area contributed by atoms with Crippen LogP contribution in [0.15, 0.2) is 162 Å². The smallest absolute Gasteiger partial charge is 0.164 e. The first-order chi connectivity index (χ1) is 25.3. The van der Waals surface area contributed by atoms with E-state index >= 15 is 0 Å². The largest absolute Gasteiger partial charge is 0.456 e. The minimum atomic E-state index is 0.622. The van der Waals surface area contributed by atoms with Crippen molar-refractivity contribution < 1.29 is 4.42 Å². The number of hydrogen-bond acceptors (Lipinski definition) is 5. The normalized spacial score (nSPS) is 11.9. The van der Waals surface area contributed by atoms with Gasteiger partial charge in [0, 0.05) is 64.1 Å². The molecule has 6 heteroatoms. The van der Waals surface area contributed by atoms with Crippen molar-refractivity contribution >= 4 is 75.3 Å². The van der Waals surface area contributed by atoms with Gasteiger partial charge in [-0.2, -0.15) is 0 Å². The number of thiophene rings is 1. The third-order valence-corrected chi connectivity index (χ3v) is 11.0. The molecule has 4 aromatic heterocycles. The van der Waals surface area contributed by atoms with Crippen LogP contribution in [0.4, 0.5) is 0 Å². The molecular weight excluding hydrogens is 645 g/mol. The van der Waals surface area contributed by atoms with E-state index in [1.54, 1.807) is 0 Å². The standard InChI is InChI=1S/C45H26N4OS/c1-3-11-27(12-4-1)43-46-44(28-13-5-2-6-14-28)48-45(47-43)29-19-22-37-34(25-29)41-38(50-37)23-24-39-42(41)33-21-20-30(26-40(33)51-39)49-35-17-9-7-15-31(35)32-16-8-10-18-36(32)49/h1-26H. The third kappa shape index (κ3) is 4.37. The van der Waals surface area contributed by atoms with E-state index in [9.17, 15) is 0 Å². The first-order valence-corrected chi connectivity index (χ1v) is 17.8. The fourth-order valence-electron chi connectivity index (χ4n) is 7.54. The predicted molar refractivity (Wildman–Crippen MR) is 211 cm³/mol. The van der Waals surface area contributed by atoms with Gasteiger partial charge in [-0.3, -0.25) is 0 Å². The molecule has 0 aliphatic heterocycles. The quantitative estimate of drug-likeness (QED) is 0.187. The molecule has 0 amide bonds. The van der Waals surface area contributed by atoms with Gasteiger partial charge in [0.05, 0.1) is 11.0 Å². The van der Waals surface area contributed by atoms with Gasteiger partial charge in [0.1, 0.15) is 11.2 Å². The number of rotatable bonds is 4. The van der Waals surface area contributed by atoms with Crippen molar-refractivity contribution in [2.45, 2.75) is 0 Å². The highest BCUT2D eigenvalue weighted by Crippen LogP contribution is 2.44. The summed E-state index contributed by atoms with van der Waals surface area (Å²) in [6.45, 7) is 0. The van der Waals surface area contributed by atoms with Crippen molar-refractivity contribution in [1.82, 2.24) is 19.5 Å². The van der Waals surface area contributed by atoms with E-state index in [4.69, 9.17) is 19.4 Å². The number of aromatic nitrogens is 4. The summed E-state index contributed by atoms with van der Waals surface area (Å²) in [5.41, 5.74) is 8.07. The van der Waals surface area contributed by atoms with E-state index in [0.29, 0.717) is 17.5 Å². The summed E-state index contributed by atoms with van der Waals surface area (Å²) in [6.07, 6.45) is 0. The van der Waals surface area contributed by atoms with Crippen LogP contribution in [0.25, 0.3) is 104 Å². The van der Waals surface area contributed by atoms with E-state index in [0.717, 1.165) is 44.3 Å². The summed E-state index contributed by atoms with van der Waals surface area (Å²) in [5.74, 6) is 1.90. The molecule has 11 rings (SSSR count). The fourth-order valence-corrected chi connectivity index (χ4v) is 8.69. The Labute approximate surface area is 295 Å². The summed E-state index contributed by atoms with van der Waals surface area (Å²) in [5, 5.41) is 7.11. The maximum atomic E-state index is 6.48. The highest BCUT2D eigenvalue weighted by Gasteiger charge is 2.19. The van der Waals surface area contributed by atoms with Crippen LogP contribution >= 0.6 is 11.3 Å². The van der Waals surface area contributed by atoms with Gasteiger partial charge in [0.15, 0.2) is 17.5 Å². The lowest BCUT2D eigenvalue weighted by atomic mass is 10.0. The minimum Gasteiger partial charge on any atom is -0.456 e. The Hall–Kier alpha value is -6.63. The van der Waals surface area contributed by atoms with Gasteiger partial charge in [-0.05, 0) is 54.6 Å². The Morgan fingerprint density at radius 3 is 1.67 bits per heavy atom. The average Bonchev–Trinajstić information content (AvgIpc) is 3.87. The molecule has 0 saturated carbocycles. The lowest BCUT2D eigenvalue weighted by molar-refractivity contribution is 0.669.